The molecule has 1 N–H and O–H groups in total. The SMILES string of the molecule is COc1ccc(C2CCCN2CCNS(=O)(=O)c2cccc([N+](=O)[O-])c2)cc1. The van der Waals surface area contributed by atoms with E-state index in [1.54, 1.807) is 7.11 Å². The van der Waals surface area contributed by atoms with Crippen molar-refractivity contribution in [3.05, 3.63) is 64.2 Å². The van der Waals surface area contributed by atoms with Gasteiger partial charge in [-0.25, -0.2) is 13.1 Å². The Kier molecular flexibility index (Phi) is 6.28. The second-order valence-electron chi connectivity index (χ2n) is 6.62. The van der Waals surface area contributed by atoms with Crippen LogP contribution in [0, 0.1) is 10.1 Å². The number of hydrogen-bond acceptors (Lipinski definition) is 6. The highest BCUT2D eigenvalue weighted by molar-refractivity contribution is 7.89. The van der Waals surface area contributed by atoms with Gasteiger partial charge in [0, 0.05) is 31.3 Å². The van der Waals surface area contributed by atoms with Crippen molar-refractivity contribution < 1.29 is 18.1 Å². The first-order chi connectivity index (χ1) is 13.4. The van der Waals surface area contributed by atoms with Gasteiger partial charge in [0.2, 0.25) is 10.0 Å². The molecule has 9 heteroatoms. The van der Waals surface area contributed by atoms with Crippen molar-refractivity contribution in [2.24, 2.45) is 0 Å². The number of benzene rings is 2. The minimum Gasteiger partial charge on any atom is -0.497 e. The monoisotopic (exact) mass is 405 g/mol. The Morgan fingerprint density at radius 2 is 2.00 bits per heavy atom. The Morgan fingerprint density at radius 1 is 1.25 bits per heavy atom. The first-order valence-corrected chi connectivity index (χ1v) is 10.5. The van der Waals surface area contributed by atoms with Gasteiger partial charge in [0.25, 0.3) is 5.69 Å². The zero-order chi connectivity index (χ0) is 20.1. The third kappa shape index (κ3) is 4.67. The third-order valence-corrected chi connectivity index (χ3v) is 6.35. The van der Waals surface area contributed by atoms with E-state index in [4.69, 9.17) is 4.74 Å². The summed E-state index contributed by atoms with van der Waals surface area (Å²) in [5.41, 5.74) is 0.932. The van der Waals surface area contributed by atoms with Crippen LogP contribution in [-0.2, 0) is 10.0 Å². The molecule has 2 aromatic carbocycles. The molecule has 1 aliphatic rings. The number of likely N-dealkylation sites (tertiary alicyclic amines) is 1. The number of sulfonamides is 1. The standard InChI is InChI=1S/C19H23N3O5S/c1-27-17-9-7-15(8-10-17)19-6-3-12-21(19)13-11-20-28(25,26)18-5-2-4-16(14-18)22(23)24/h2,4-5,7-10,14,19-20H,3,6,11-13H2,1H3. The molecule has 0 aliphatic carbocycles. The van der Waals surface area contributed by atoms with E-state index in [0.29, 0.717) is 6.54 Å². The van der Waals surface area contributed by atoms with Gasteiger partial charge < -0.3 is 4.74 Å². The summed E-state index contributed by atoms with van der Waals surface area (Å²) in [6, 6.07) is 13.2. The maximum absolute atomic E-state index is 12.4. The molecule has 1 fully saturated rings. The first kappa shape index (κ1) is 20.2. The molecule has 1 saturated heterocycles. The van der Waals surface area contributed by atoms with Crippen LogP contribution in [0.1, 0.15) is 24.4 Å². The van der Waals surface area contributed by atoms with Gasteiger partial charge in [0.05, 0.1) is 16.9 Å². The first-order valence-electron chi connectivity index (χ1n) is 9.03. The molecule has 150 valence electrons. The molecule has 0 saturated carbocycles. The smallest absolute Gasteiger partial charge is 0.270 e. The molecular formula is C19H23N3O5S. The fourth-order valence-electron chi connectivity index (χ4n) is 3.47. The van der Waals surface area contributed by atoms with E-state index in [1.807, 2.05) is 24.3 Å². The number of nitrogens with zero attached hydrogens (tertiary/aromatic N) is 2. The van der Waals surface area contributed by atoms with Crippen LogP contribution in [-0.4, -0.2) is 45.0 Å². The van der Waals surface area contributed by atoms with E-state index in [1.165, 1.54) is 23.8 Å². The van der Waals surface area contributed by atoms with Gasteiger partial charge in [0.1, 0.15) is 5.75 Å². The number of nitro benzene ring substituents is 1. The van der Waals surface area contributed by atoms with Crippen molar-refractivity contribution >= 4 is 15.7 Å². The molecule has 28 heavy (non-hydrogen) atoms. The highest BCUT2D eigenvalue weighted by atomic mass is 32.2. The lowest BCUT2D eigenvalue weighted by Gasteiger charge is -2.25. The largest absolute Gasteiger partial charge is 0.497 e. The van der Waals surface area contributed by atoms with Crippen LogP contribution in [0.2, 0.25) is 0 Å². The Labute approximate surface area is 164 Å². The molecule has 0 aromatic heterocycles. The van der Waals surface area contributed by atoms with Gasteiger partial charge in [-0.15, -0.1) is 0 Å². The van der Waals surface area contributed by atoms with Crippen LogP contribution in [0.5, 0.6) is 5.75 Å². The Balaban J connectivity index is 1.61. The van der Waals surface area contributed by atoms with Gasteiger partial charge >= 0.3 is 0 Å². The lowest BCUT2D eigenvalue weighted by atomic mass is 10.0. The number of nitrogens with one attached hydrogen (secondary N) is 1. The van der Waals surface area contributed by atoms with Gasteiger partial charge in [-0.05, 0) is 43.1 Å². The van der Waals surface area contributed by atoms with Crippen molar-refractivity contribution in [1.29, 1.82) is 0 Å². The number of nitro groups is 1. The molecule has 1 unspecified atom stereocenters. The molecule has 1 atom stereocenters. The summed E-state index contributed by atoms with van der Waals surface area (Å²) < 4.78 is 32.6. The molecule has 2 aromatic rings. The van der Waals surface area contributed by atoms with Crippen molar-refractivity contribution in [2.45, 2.75) is 23.8 Å². The van der Waals surface area contributed by atoms with Crippen molar-refractivity contribution in [3.8, 4) is 5.75 Å². The predicted octanol–water partition coefficient (Wildman–Crippen LogP) is 2.72. The number of ether oxygens (including phenoxy) is 1. The summed E-state index contributed by atoms with van der Waals surface area (Å²) in [6.07, 6.45) is 2.07. The summed E-state index contributed by atoms with van der Waals surface area (Å²) in [5.74, 6) is 0.804. The van der Waals surface area contributed by atoms with Crippen molar-refractivity contribution in [1.82, 2.24) is 9.62 Å². The minimum absolute atomic E-state index is 0.102. The van der Waals surface area contributed by atoms with Crippen LogP contribution in [0.4, 0.5) is 5.69 Å². The molecule has 1 heterocycles. The van der Waals surface area contributed by atoms with Crippen molar-refractivity contribution in [2.75, 3.05) is 26.7 Å². The molecule has 0 radical (unpaired) electrons. The number of methoxy groups -OCH3 is 1. The van der Waals surface area contributed by atoms with E-state index < -0.39 is 14.9 Å². The molecule has 0 bridgehead atoms. The molecule has 1 aliphatic heterocycles. The number of rotatable bonds is 8. The Morgan fingerprint density at radius 3 is 2.68 bits per heavy atom. The zero-order valence-corrected chi connectivity index (χ0v) is 16.4. The Bertz CT molecular complexity index is 931. The van der Waals surface area contributed by atoms with E-state index >= 15 is 0 Å². The molecule has 8 nitrogen and oxygen atoms in total. The lowest BCUT2D eigenvalue weighted by Crippen LogP contribution is -2.34. The van der Waals surface area contributed by atoms with Crippen LogP contribution >= 0.6 is 0 Å². The highest BCUT2D eigenvalue weighted by Gasteiger charge is 2.26. The van der Waals surface area contributed by atoms with E-state index in [-0.39, 0.29) is 23.2 Å². The quantitative estimate of drug-likeness (QED) is 0.535. The van der Waals surface area contributed by atoms with E-state index in [0.717, 1.165) is 31.2 Å². The van der Waals surface area contributed by atoms with Gasteiger partial charge in [-0.3, -0.25) is 15.0 Å². The summed E-state index contributed by atoms with van der Waals surface area (Å²) in [6.45, 7) is 1.69. The maximum Gasteiger partial charge on any atom is 0.270 e. The number of hydrogen-bond donors (Lipinski definition) is 1. The summed E-state index contributed by atoms with van der Waals surface area (Å²) >= 11 is 0. The number of non-ortho nitro benzene ring substituents is 1. The second kappa shape index (κ2) is 8.68. The normalized spacial score (nSPS) is 17.5. The van der Waals surface area contributed by atoms with Gasteiger partial charge in [0.15, 0.2) is 0 Å². The second-order valence-corrected chi connectivity index (χ2v) is 8.39. The minimum atomic E-state index is -3.80. The van der Waals surface area contributed by atoms with Gasteiger partial charge in [-0.1, -0.05) is 18.2 Å². The van der Waals surface area contributed by atoms with Crippen LogP contribution in [0.25, 0.3) is 0 Å². The van der Waals surface area contributed by atoms with Crippen molar-refractivity contribution in [3.63, 3.8) is 0 Å². The molecule has 0 amide bonds. The third-order valence-electron chi connectivity index (χ3n) is 4.89. The summed E-state index contributed by atoms with van der Waals surface area (Å²) in [5, 5.41) is 10.9. The summed E-state index contributed by atoms with van der Waals surface area (Å²) in [7, 11) is -2.17. The molecule has 0 spiro atoms. The van der Waals surface area contributed by atoms with Crippen LogP contribution in [0.3, 0.4) is 0 Å². The zero-order valence-electron chi connectivity index (χ0n) is 15.6. The lowest BCUT2D eigenvalue weighted by molar-refractivity contribution is -0.385. The molecular weight excluding hydrogens is 382 g/mol. The maximum atomic E-state index is 12.4. The topological polar surface area (TPSA) is 102 Å². The van der Waals surface area contributed by atoms with Gasteiger partial charge in [-0.2, -0.15) is 0 Å². The van der Waals surface area contributed by atoms with Crippen LogP contribution < -0.4 is 9.46 Å². The predicted molar refractivity (Wildman–Crippen MR) is 105 cm³/mol. The van der Waals surface area contributed by atoms with E-state index in [9.17, 15) is 18.5 Å². The average molecular weight is 405 g/mol. The highest BCUT2D eigenvalue weighted by Crippen LogP contribution is 2.32. The van der Waals surface area contributed by atoms with Crippen LogP contribution in [0.15, 0.2) is 53.4 Å². The molecule has 3 rings (SSSR count). The van der Waals surface area contributed by atoms with E-state index in [2.05, 4.69) is 9.62 Å². The Hall–Kier alpha value is -2.49. The fourth-order valence-corrected chi connectivity index (χ4v) is 4.53. The fraction of sp³-hybridized carbons (Fsp3) is 0.368. The average Bonchev–Trinajstić information content (AvgIpc) is 3.16. The summed E-state index contributed by atoms with van der Waals surface area (Å²) in [4.78, 5) is 12.4.